The summed E-state index contributed by atoms with van der Waals surface area (Å²) in [6.07, 6.45) is 1.44. The summed E-state index contributed by atoms with van der Waals surface area (Å²) < 4.78 is 5.17. The number of nitrogens with two attached hydrogens (primary N) is 1. The number of aliphatic hydroxyl groups excluding tert-OH is 2. The molecular weight excluding hydrogens is 158 g/mol. The van der Waals surface area contributed by atoms with Crippen molar-refractivity contribution in [1.82, 2.24) is 0 Å². The summed E-state index contributed by atoms with van der Waals surface area (Å²) in [5.41, 5.74) is 5.26. The summed E-state index contributed by atoms with van der Waals surface area (Å²) >= 11 is 0. The Morgan fingerprint density at radius 2 is 2.00 bits per heavy atom. The predicted molar refractivity (Wildman–Crippen MR) is 46.8 cm³/mol. The molecule has 0 rings (SSSR count). The largest absolute Gasteiger partial charge is 0.396 e. The molecular formula is C8H19NO3. The van der Waals surface area contributed by atoms with Gasteiger partial charge in [-0.15, -0.1) is 0 Å². The second-order valence-corrected chi connectivity index (χ2v) is 2.71. The minimum Gasteiger partial charge on any atom is -0.396 e. The van der Waals surface area contributed by atoms with Crippen LogP contribution in [0.5, 0.6) is 0 Å². The second-order valence-electron chi connectivity index (χ2n) is 2.71. The molecule has 12 heavy (non-hydrogen) atoms. The van der Waals surface area contributed by atoms with Crippen LogP contribution in [0.25, 0.3) is 0 Å². The van der Waals surface area contributed by atoms with Gasteiger partial charge in [0.15, 0.2) is 0 Å². The van der Waals surface area contributed by atoms with Crippen molar-refractivity contribution >= 4 is 0 Å². The van der Waals surface area contributed by atoms with Gasteiger partial charge in [0.05, 0.1) is 6.10 Å². The summed E-state index contributed by atoms with van der Waals surface area (Å²) in [6.45, 7) is 1.87. The van der Waals surface area contributed by atoms with Crippen LogP contribution < -0.4 is 5.73 Å². The Kier molecular flexibility index (Phi) is 8.81. The Hall–Kier alpha value is -0.160. The minimum absolute atomic E-state index is 0.0317. The molecule has 74 valence electrons. The predicted octanol–water partition coefficient (Wildman–Crippen LogP) is -0.515. The summed E-state index contributed by atoms with van der Waals surface area (Å²) in [4.78, 5) is 0. The van der Waals surface area contributed by atoms with E-state index in [1.807, 2.05) is 0 Å². The molecule has 0 heterocycles. The van der Waals surface area contributed by atoms with E-state index in [2.05, 4.69) is 0 Å². The van der Waals surface area contributed by atoms with Crippen molar-refractivity contribution < 1.29 is 14.9 Å². The van der Waals surface area contributed by atoms with Crippen LogP contribution >= 0.6 is 0 Å². The fourth-order valence-corrected chi connectivity index (χ4v) is 0.800. The van der Waals surface area contributed by atoms with Gasteiger partial charge in [-0.3, -0.25) is 0 Å². The molecule has 0 bridgehead atoms. The molecule has 0 unspecified atom stereocenters. The van der Waals surface area contributed by atoms with Crippen LogP contribution in [0.2, 0.25) is 0 Å². The van der Waals surface area contributed by atoms with Crippen molar-refractivity contribution in [2.75, 3.05) is 26.4 Å². The minimum atomic E-state index is -0.437. The highest BCUT2D eigenvalue weighted by Gasteiger charge is 2.01. The highest BCUT2D eigenvalue weighted by Crippen LogP contribution is 1.97. The monoisotopic (exact) mass is 177 g/mol. The molecule has 0 fully saturated rings. The van der Waals surface area contributed by atoms with Crippen molar-refractivity contribution in [3.8, 4) is 0 Å². The lowest BCUT2D eigenvalue weighted by Crippen LogP contribution is -2.13. The molecule has 0 radical (unpaired) electrons. The summed E-state index contributed by atoms with van der Waals surface area (Å²) in [7, 11) is 0. The fraction of sp³-hybridized carbons (Fsp3) is 1.00. The molecule has 0 amide bonds. The van der Waals surface area contributed by atoms with Gasteiger partial charge in [0, 0.05) is 19.8 Å². The molecule has 4 heteroatoms. The smallest absolute Gasteiger partial charge is 0.0584 e. The summed E-state index contributed by atoms with van der Waals surface area (Å²) in [5.74, 6) is 0. The van der Waals surface area contributed by atoms with E-state index in [0.29, 0.717) is 32.6 Å². The summed E-state index contributed by atoms with van der Waals surface area (Å²) in [6, 6.07) is 0. The van der Waals surface area contributed by atoms with Gasteiger partial charge in [-0.05, 0) is 25.8 Å². The number of hydrogen-bond acceptors (Lipinski definition) is 4. The van der Waals surface area contributed by atoms with Crippen LogP contribution in [0.15, 0.2) is 0 Å². The van der Waals surface area contributed by atoms with Gasteiger partial charge in [-0.25, -0.2) is 0 Å². The quantitative estimate of drug-likeness (QED) is 0.436. The van der Waals surface area contributed by atoms with E-state index >= 15 is 0 Å². The first-order valence-electron chi connectivity index (χ1n) is 4.38. The van der Waals surface area contributed by atoms with Gasteiger partial charge in [-0.2, -0.15) is 0 Å². The molecule has 0 saturated carbocycles. The van der Waals surface area contributed by atoms with Gasteiger partial charge in [0.1, 0.15) is 0 Å². The van der Waals surface area contributed by atoms with E-state index in [0.717, 1.165) is 6.42 Å². The van der Waals surface area contributed by atoms with Crippen molar-refractivity contribution in [1.29, 1.82) is 0 Å². The first kappa shape index (κ1) is 11.8. The van der Waals surface area contributed by atoms with Gasteiger partial charge in [0.25, 0.3) is 0 Å². The van der Waals surface area contributed by atoms with Gasteiger partial charge in [-0.1, -0.05) is 0 Å². The van der Waals surface area contributed by atoms with Crippen molar-refractivity contribution in [3.05, 3.63) is 0 Å². The van der Waals surface area contributed by atoms with Crippen molar-refractivity contribution in [3.63, 3.8) is 0 Å². The number of aliphatic hydroxyl groups is 2. The Morgan fingerprint density at radius 1 is 1.25 bits per heavy atom. The van der Waals surface area contributed by atoms with E-state index in [1.165, 1.54) is 0 Å². The van der Waals surface area contributed by atoms with Gasteiger partial charge in [0.2, 0.25) is 0 Å². The molecule has 0 aromatic heterocycles. The molecule has 4 N–H and O–H groups in total. The van der Waals surface area contributed by atoms with E-state index in [4.69, 9.17) is 20.7 Å². The third-order valence-electron chi connectivity index (χ3n) is 1.55. The van der Waals surface area contributed by atoms with Crippen LogP contribution in [0.3, 0.4) is 0 Å². The van der Waals surface area contributed by atoms with Crippen LogP contribution in [-0.4, -0.2) is 42.7 Å². The zero-order valence-corrected chi connectivity index (χ0v) is 7.41. The SMILES string of the molecule is NCCCOCC[C@H](O)CCO. The summed E-state index contributed by atoms with van der Waals surface area (Å²) in [5, 5.41) is 17.6. The first-order chi connectivity index (χ1) is 5.81. The van der Waals surface area contributed by atoms with Crippen LogP contribution in [0.4, 0.5) is 0 Å². The average molecular weight is 177 g/mol. The lowest BCUT2D eigenvalue weighted by atomic mass is 10.2. The molecule has 0 aliphatic heterocycles. The van der Waals surface area contributed by atoms with E-state index < -0.39 is 6.10 Å². The van der Waals surface area contributed by atoms with Crippen LogP contribution in [0, 0.1) is 0 Å². The Balaban J connectivity index is 2.97. The number of rotatable bonds is 8. The molecule has 0 aliphatic carbocycles. The average Bonchev–Trinajstić information content (AvgIpc) is 2.05. The number of hydrogen-bond donors (Lipinski definition) is 3. The molecule has 0 aromatic rings. The number of ether oxygens (including phenoxy) is 1. The van der Waals surface area contributed by atoms with Gasteiger partial charge >= 0.3 is 0 Å². The zero-order chi connectivity index (χ0) is 9.23. The van der Waals surface area contributed by atoms with Crippen molar-refractivity contribution in [2.24, 2.45) is 5.73 Å². The first-order valence-corrected chi connectivity index (χ1v) is 4.38. The Bertz CT molecular complexity index is 90.4. The van der Waals surface area contributed by atoms with E-state index in [1.54, 1.807) is 0 Å². The topological polar surface area (TPSA) is 75.7 Å². The van der Waals surface area contributed by atoms with Gasteiger partial charge < -0.3 is 20.7 Å². The molecule has 4 nitrogen and oxygen atoms in total. The lowest BCUT2D eigenvalue weighted by molar-refractivity contribution is 0.0683. The van der Waals surface area contributed by atoms with E-state index in [-0.39, 0.29) is 6.61 Å². The fourth-order valence-electron chi connectivity index (χ4n) is 0.800. The highest BCUT2D eigenvalue weighted by atomic mass is 16.5. The van der Waals surface area contributed by atoms with Crippen LogP contribution in [0.1, 0.15) is 19.3 Å². The maximum absolute atomic E-state index is 9.14. The maximum atomic E-state index is 9.14. The molecule has 0 aromatic carbocycles. The zero-order valence-electron chi connectivity index (χ0n) is 7.41. The molecule has 0 spiro atoms. The van der Waals surface area contributed by atoms with E-state index in [9.17, 15) is 0 Å². The maximum Gasteiger partial charge on any atom is 0.0584 e. The molecule has 0 aliphatic rings. The third kappa shape index (κ3) is 7.94. The second kappa shape index (κ2) is 8.93. The lowest BCUT2D eigenvalue weighted by Gasteiger charge is -2.08. The third-order valence-corrected chi connectivity index (χ3v) is 1.55. The molecule has 1 atom stereocenters. The highest BCUT2D eigenvalue weighted by molar-refractivity contribution is 4.53. The normalized spacial score (nSPS) is 13.2. The molecule has 0 saturated heterocycles. The van der Waals surface area contributed by atoms with Crippen molar-refractivity contribution in [2.45, 2.75) is 25.4 Å². The Morgan fingerprint density at radius 3 is 2.58 bits per heavy atom. The van der Waals surface area contributed by atoms with Crippen LogP contribution in [-0.2, 0) is 4.74 Å². The standard InChI is InChI=1S/C8H19NO3/c9-4-1-6-12-7-3-8(11)2-5-10/h8,10-11H,1-7,9H2/t8-/m1/s1. The Labute approximate surface area is 73.3 Å².